The molecule has 0 saturated carbocycles. The molecule has 2 aromatic carbocycles. The molecule has 3 rings (SSSR count). The summed E-state index contributed by atoms with van der Waals surface area (Å²) >= 11 is 0. The molecule has 1 aliphatic rings. The second-order valence-electron chi connectivity index (χ2n) is 6.23. The first kappa shape index (κ1) is 22.4. The number of alkyl halides is 3. The number of halogens is 4. The number of imide groups is 1. The van der Waals surface area contributed by atoms with E-state index in [9.17, 15) is 27.6 Å². The Morgan fingerprint density at radius 3 is 2.14 bits per heavy atom. The number of hydrogen-bond donors (Lipinski definition) is 2. The highest BCUT2D eigenvalue weighted by Gasteiger charge is 2.35. The highest BCUT2D eigenvalue weighted by molar-refractivity contribution is 6.21. The number of hydrogen-bond acceptors (Lipinski definition) is 4. The van der Waals surface area contributed by atoms with E-state index < -0.39 is 29.5 Å². The first-order valence-electron chi connectivity index (χ1n) is 8.37. The number of amides is 3. The number of nitrogens with zero attached hydrogens (tertiary/aromatic N) is 1. The van der Waals surface area contributed by atoms with Crippen molar-refractivity contribution < 1.29 is 27.6 Å². The minimum Gasteiger partial charge on any atom is -0.326 e. The van der Waals surface area contributed by atoms with Crippen molar-refractivity contribution in [1.29, 1.82) is 0 Å². The summed E-state index contributed by atoms with van der Waals surface area (Å²) in [5.41, 5.74) is 5.17. The van der Waals surface area contributed by atoms with Gasteiger partial charge in [-0.25, -0.2) is 0 Å². The molecule has 3 amide bonds. The van der Waals surface area contributed by atoms with Gasteiger partial charge < -0.3 is 11.1 Å². The molecular weight excluding hydrogens is 411 g/mol. The predicted molar refractivity (Wildman–Crippen MR) is 102 cm³/mol. The Morgan fingerprint density at radius 2 is 1.62 bits per heavy atom. The molecule has 29 heavy (non-hydrogen) atoms. The first-order valence-corrected chi connectivity index (χ1v) is 8.37. The first-order chi connectivity index (χ1) is 13.2. The minimum atomic E-state index is -4.58. The van der Waals surface area contributed by atoms with E-state index in [1.54, 1.807) is 12.1 Å². The Balaban J connectivity index is 0.00000300. The SMILES string of the molecule is Cl.NCc1cc(NC(=O)CCN2C(=O)c3ccccc3C2=O)cc(C(F)(F)F)c1. The topological polar surface area (TPSA) is 92.5 Å². The Bertz CT molecular complexity index is 928. The van der Waals surface area contributed by atoms with Crippen LogP contribution in [0.1, 0.15) is 38.3 Å². The molecule has 0 aromatic heterocycles. The highest BCUT2D eigenvalue weighted by atomic mass is 35.5. The summed E-state index contributed by atoms with van der Waals surface area (Å²) in [5, 5.41) is 2.36. The third kappa shape index (κ3) is 4.75. The molecule has 0 saturated heterocycles. The molecule has 1 aliphatic heterocycles. The lowest BCUT2D eigenvalue weighted by Crippen LogP contribution is -2.32. The molecule has 0 spiro atoms. The monoisotopic (exact) mass is 427 g/mol. The molecule has 0 atom stereocenters. The van der Waals surface area contributed by atoms with Gasteiger partial charge in [-0.3, -0.25) is 19.3 Å². The van der Waals surface area contributed by atoms with E-state index in [2.05, 4.69) is 5.32 Å². The molecule has 6 nitrogen and oxygen atoms in total. The maximum atomic E-state index is 13.0. The fourth-order valence-corrected chi connectivity index (χ4v) is 2.92. The van der Waals surface area contributed by atoms with Crippen LogP contribution in [0.2, 0.25) is 0 Å². The molecular formula is C19H17ClF3N3O3. The Hall–Kier alpha value is -2.91. The van der Waals surface area contributed by atoms with Crippen molar-refractivity contribution >= 4 is 35.8 Å². The number of carbonyl (C=O) groups excluding carboxylic acids is 3. The lowest BCUT2D eigenvalue weighted by molar-refractivity contribution is -0.137. The standard InChI is InChI=1S/C19H16F3N3O3.ClH/c20-19(21,22)12-7-11(10-23)8-13(9-12)24-16(26)5-6-25-17(27)14-3-1-2-4-15(14)18(25)28;/h1-4,7-9H,5-6,10,23H2,(H,24,26);1H. The van der Waals surface area contributed by atoms with Crippen molar-refractivity contribution in [2.75, 3.05) is 11.9 Å². The third-order valence-electron chi connectivity index (χ3n) is 4.28. The normalized spacial score (nSPS) is 13.2. The van der Waals surface area contributed by atoms with E-state index >= 15 is 0 Å². The van der Waals surface area contributed by atoms with Crippen LogP contribution in [0, 0.1) is 0 Å². The second-order valence-corrected chi connectivity index (χ2v) is 6.23. The lowest BCUT2D eigenvalue weighted by Gasteiger charge is -2.15. The van der Waals surface area contributed by atoms with Crippen LogP contribution in [0.3, 0.4) is 0 Å². The van der Waals surface area contributed by atoms with Gasteiger partial charge in [-0.15, -0.1) is 12.4 Å². The van der Waals surface area contributed by atoms with Crippen LogP contribution in [0.15, 0.2) is 42.5 Å². The molecule has 0 radical (unpaired) electrons. The highest BCUT2D eigenvalue weighted by Crippen LogP contribution is 2.32. The third-order valence-corrected chi connectivity index (χ3v) is 4.28. The van der Waals surface area contributed by atoms with Crippen molar-refractivity contribution in [2.45, 2.75) is 19.1 Å². The summed E-state index contributed by atoms with van der Waals surface area (Å²) in [6.07, 6.45) is -4.83. The molecule has 10 heteroatoms. The summed E-state index contributed by atoms with van der Waals surface area (Å²) in [6, 6.07) is 9.35. The quantitative estimate of drug-likeness (QED) is 0.717. The number of anilines is 1. The number of nitrogens with one attached hydrogen (secondary N) is 1. The van der Waals surface area contributed by atoms with Crippen LogP contribution in [0.4, 0.5) is 18.9 Å². The summed E-state index contributed by atoms with van der Waals surface area (Å²) in [6.45, 7) is -0.303. The number of carbonyl (C=O) groups is 3. The van der Waals surface area contributed by atoms with Gasteiger partial charge in [0.15, 0.2) is 0 Å². The van der Waals surface area contributed by atoms with Crippen LogP contribution in [-0.2, 0) is 17.5 Å². The van der Waals surface area contributed by atoms with Gasteiger partial charge >= 0.3 is 6.18 Å². The van der Waals surface area contributed by atoms with Crippen LogP contribution in [-0.4, -0.2) is 29.2 Å². The smallest absolute Gasteiger partial charge is 0.326 e. The fourth-order valence-electron chi connectivity index (χ4n) is 2.92. The molecule has 0 unspecified atom stereocenters. The van der Waals surface area contributed by atoms with E-state index in [0.29, 0.717) is 0 Å². The van der Waals surface area contributed by atoms with Crippen LogP contribution < -0.4 is 11.1 Å². The summed E-state index contributed by atoms with van der Waals surface area (Å²) in [4.78, 5) is 37.6. The second kappa shape index (κ2) is 8.62. The Labute approximate surface area is 170 Å². The van der Waals surface area contributed by atoms with Gasteiger partial charge in [-0.2, -0.15) is 13.2 Å². The van der Waals surface area contributed by atoms with E-state index in [4.69, 9.17) is 5.73 Å². The molecule has 0 bridgehead atoms. The molecule has 3 N–H and O–H groups in total. The zero-order valence-corrected chi connectivity index (χ0v) is 15.8. The van der Waals surface area contributed by atoms with Gasteiger partial charge in [0, 0.05) is 25.2 Å². The van der Waals surface area contributed by atoms with Crippen molar-refractivity contribution in [3.63, 3.8) is 0 Å². The van der Waals surface area contributed by atoms with Crippen molar-refractivity contribution in [1.82, 2.24) is 4.90 Å². The van der Waals surface area contributed by atoms with Crippen molar-refractivity contribution in [2.24, 2.45) is 5.73 Å². The maximum Gasteiger partial charge on any atom is 0.416 e. The van der Waals surface area contributed by atoms with Crippen molar-refractivity contribution in [3.05, 3.63) is 64.7 Å². The van der Waals surface area contributed by atoms with Crippen molar-refractivity contribution in [3.8, 4) is 0 Å². The Kier molecular flexibility index (Phi) is 6.66. The van der Waals surface area contributed by atoms with E-state index in [-0.39, 0.29) is 54.3 Å². The average molecular weight is 428 g/mol. The van der Waals surface area contributed by atoms with Gasteiger partial charge in [-0.05, 0) is 35.9 Å². The molecule has 2 aromatic rings. The summed E-state index contributed by atoms with van der Waals surface area (Å²) < 4.78 is 38.9. The number of fused-ring (bicyclic) bond motifs is 1. The summed E-state index contributed by atoms with van der Waals surface area (Å²) in [5.74, 6) is -1.63. The molecule has 0 fully saturated rings. The van der Waals surface area contributed by atoms with E-state index in [1.807, 2.05) is 0 Å². The van der Waals surface area contributed by atoms with Crippen LogP contribution in [0.25, 0.3) is 0 Å². The zero-order chi connectivity index (χ0) is 20.5. The average Bonchev–Trinajstić information content (AvgIpc) is 2.90. The van der Waals surface area contributed by atoms with Gasteiger partial charge in [-0.1, -0.05) is 12.1 Å². The fraction of sp³-hybridized carbons (Fsp3) is 0.211. The molecule has 0 aliphatic carbocycles. The maximum absolute atomic E-state index is 13.0. The van der Waals surface area contributed by atoms with E-state index in [0.717, 1.165) is 17.0 Å². The summed E-state index contributed by atoms with van der Waals surface area (Å²) in [7, 11) is 0. The predicted octanol–water partition coefficient (Wildman–Crippen LogP) is 3.21. The van der Waals surface area contributed by atoms with Gasteiger partial charge in [0.25, 0.3) is 11.8 Å². The minimum absolute atomic E-state index is 0. The van der Waals surface area contributed by atoms with Crippen LogP contribution in [0.5, 0.6) is 0 Å². The van der Waals surface area contributed by atoms with Gasteiger partial charge in [0.1, 0.15) is 0 Å². The number of nitrogens with two attached hydrogens (primary N) is 1. The number of rotatable bonds is 5. The van der Waals surface area contributed by atoms with Crippen LogP contribution >= 0.6 is 12.4 Å². The van der Waals surface area contributed by atoms with E-state index in [1.165, 1.54) is 18.2 Å². The molecule has 1 heterocycles. The number of benzene rings is 2. The van der Waals surface area contributed by atoms with Gasteiger partial charge in [0.2, 0.25) is 5.91 Å². The lowest BCUT2D eigenvalue weighted by atomic mass is 10.1. The molecule has 154 valence electrons. The van der Waals surface area contributed by atoms with Gasteiger partial charge in [0.05, 0.1) is 16.7 Å². The Morgan fingerprint density at radius 1 is 1.03 bits per heavy atom. The largest absolute Gasteiger partial charge is 0.416 e. The zero-order valence-electron chi connectivity index (χ0n) is 15.0.